The van der Waals surface area contributed by atoms with Gasteiger partial charge in [-0.15, -0.1) is 0 Å². The molecule has 0 spiro atoms. The number of hydrogen-bond acceptors (Lipinski definition) is 2. The third kappa shape index (κ3) is 1.53. The Morgan fingerprint density at radius 1 is 1.82 bits per heavy atom. The van der Waals surface area contributed by atoms with Crippen molar-refractivity contribution in [3.63, 3.8) is 0 Å². The van der Waals surface area contributed by atoms with Crippen LogP contribution in [0.3, 0.4) is 0 Å². The zero-order valence-corrected chi connectivity index (χ0v) is 7.08. The highest BCUT2D eigenvalue weighted by molar-refractivity contribution is 5.78. The lowest BCUT2D eigenvalue weighted by Gasteiger charge is -2.26. The van der Waals surface area contributed by atoms with E-state index >= 15 is 0 Å². The Morgan fingerprint density at radius 3 is 2.82 bits per heavy atom. The molecule has 2 atom stereocenters. The van der Waals surface area contributed by atoms with Crippen LogP contribution in [0, 0.1) is 0 Å². The Labute approximate surface area is 67.0 Å². The fourth-order valence-electron chi connectivity index (χ4n) is 1.42. The van der Waals surface area contributed by atoms with Gasteiger partial charge in [-0.2, -0.15) is 0 Å². The van der Waals surface area contributed by atoms with Crippen LogP contribution in [0.15, 0.2) is 0 Å². The Morgan fingerprint density at radius 2 is 2.45 bits per heavy atom. The molecule has 2 unspecified atom stereocenters. The van der Waals surface area contributed by atoms with Gasteiger partial charge in [0.1, 0.15) is 6.23 Å². The molecule has 1 rings (SSSR count). The summed E-state index contributed by atoms with van der Waals surface area (Å²) in [5, 5.41) is 9.37. The predicted octanol–water partition coefficient (Wildman–Crippen LogP) is 0.726. The summed E-state index contributed by atoms with van der Waals surface area (Å²) in [7, 11) is 0. The van der Waals surface area contributed by atoms with Crippen molar-refractivity contribution in [3.8, 4) is 0 Å². The molecule has 11 heavy (non-hydrogen) atoms. The van der Waals surface area contributed by atoms with Crippen molar-refractivity contribution in [2.75, 3.05) is 0 Å². The highest BCUT2D eigenvalue weighted by Crippen LogP contribution is 2.20. The Hall–Kier alpha value is -0.570. The number of aliphatic hydroxyl groups is 1. The van der Waals surface area contributed by atoms with E-state index in [-0.39, 0.29) is 11.9 Å². The van der Waals surface area contributed by atoms with E-state index in [0.29, 0.717) is 12.8 Å². The molecular weight excluding hydrogens is 142 g/mol. The molecule has 1 N–H and O–H groups in total. The van der Waals surface area contributed by atoms with Crippen LogP contribution < -0.4 is 0 Å². The van der Waals surface area contributed by atoms with E-state index in [2.05, 4.69) is 0 Å². The number of nitrogens with zero attached hydrogens (tertiary/aromatic N) is 1. The minimum Gasteiger partial charge on any atom is -0.374 e. The summed E-state index contributed by atoms with van der Waals surface area (Å²) >= 11 is 0. The molecule has 0 aliphatic carbocycles. The van der Waals surface area contributed by atoms with E-state index in [1.165, 1.54) is 0 Å². The van der Waals surface area contributed by atoms with E-state index < -0.39 is 6.23 Å². The second-order valence-electron chi connectivity index (χ2n) is 3.08. The first-order valence-electron chi connectivity index (χ1n) is 4.16. The molecule has 0 saturated carbocycles. The summed E-state index contributed by atoms with van der Waals surface area (Å²) in [6, 6.07) is 0.181. The van der Waals surface area contributed by atoms with Gasteiger partial charge in [-0.3, -0.25) is 4.79 Å². The van der Waals surface area contributed by atoms with Crippen molar-refractivity contribution in [2.24, 2.45) is 0 Å². The predicted molar refractivity (Wildman–Crippen MR) is 41.8 cm³/mol. The second kappa shape index (κ2) is 3.22. The number of aliphatic hydroxyl groups excluding tert-OH is 1. The average Bonchev–Trinajstić information content (AvgIpc) is 2.30. The van der Waals surface area contributed by atoms with Crippen LogP contribution in [-0.2, 0) is 4.79 Å². The van der Waals surface area contributed by atoms with Crippen LogP contribution in [-0.4, -0.2) is 28.2 Å². The van der Waals surface area contributed by atoms with E-state index in [0.717, 1.165) is 6.42 Å². The summed E-state index contributed by atoms with van der Waals surface area (Å²) in [6.45, 7) is 3.98. The number of hydrogen-bond donors (Lipinski definition) is 1. The molecule has 0 aromatic heterocycles. The van der Waals surface area contributed by atoms with Crippen LogP contribution in [0.4, 0.5) is 0 Å². The third-order valence-electron chi connectivity index (χ3n) is 2.29. The first-order valence-corrected chi connectivity index (χ1v) is 4.16. The maximum absolute atomic E-state index is 11.2. The molecule has 0 aromatic rings. The van der Waals surface area contributed by atoms with Crippen molar-refractivity contribution >= 4 is 5.91 Å². The van der Waals surface area contributed by atoms with Gasteiger partial charge in [0, 0.05) is 18.9 Å². The molecule has 1 amide bonds. The minimum atomic E-state index is -0.530. The smallest absolute Gasteiger partial charge is 0.225 e. The molecule has 3 heteroatoms. The number of amides is 1. The Bertz CT molecular complexity index is 158. The van der Waals surface area contributed by atoms with Gasteiger partial charge in [-0.1, -0.05) is 6.92 Å². The molecule has 0 aromatic carbocycles. The SMILES string of the molecule is CCC(C)N1C(=O)CCC1O. The van der Waals surface area contributed by atoms with E-state index in [9.17, 15) is 9.90 Å². The lowest BCUT2D eigenvalue weighted by atomic mass is 10.2. The lowest BCUT2D eigenvalue weighted by Crippen LogP contribution is -2.39. The molecular formula is C8H15NO2. The molecule has 3 nitrogen and oxygen atoms in total. The molecule has 1 heterocycles. The summed E-state index contributed by atoms with van der Waals surface area (Å²) in [4.78, 5) is 12.7. The monoisotopic (exact) mass is 157 g/mol. The van der Waals surface area contributed by atoms with Crippen molar-refractivity contribution < 1.29 is 9.90 Å². The summed E-state index contributed by atoms with van der Waals surface area (Å²) < 4.78 is 0. The second-order valence-corrected chi connectivity index (χ2v) is 3.08. The van der Waals surface area contributed by atoms with Crippen molar-refractivity contribution in [2.45, 2.75) is 45.4 Å². The third-order valence-corrected chi connectivity index (χ3v) is 2.29. The highest BCUT2D eigenvalue weighted by Gasteiger charge is 2.31. The van der Waals surface area contributed by atoms with Gasteiger partial charge in [-0.25, -0.2) is 0 Å². The molecule has 0 radical (unpaired) electrons. The minimum absolute atomic E-state index is 0.0897. The van der Waals surface area contributed by atoms with Crippen molar-refractivity contribution in [1.29, 1.82) is 0 Å². The first kappa shape index (κ1) is 8.53. The van der Waals surface area contributed by atoms with Gasteiger partial charge < -0.3 is 10.0 Å². The van der Waals surface area contributed by atoms with Crippen LogP contribution >= 0.6 is 0 Å². The quantitative estimate of drug-likeness (QED) is 0.641. The number of carbonyl (C=O) groups excluding carboxylic acids is 1. The van der Waals surface area contributed by atoms with E-state index in [1.54, 1.807) is 4.90 Å². The van der Waals surface area contributed by atoms with Crippen molar-refractivity contribution in [3.05, 3.63) is 0 Å². The fraction of sp³-hybridized carbons (Fsp3) is 0.875. The zero-order chi connectivity index (χ0) is 8.43. The van der Waals surface area contributed by atoms with E-state index in [4.69, 9.17) is 0 Å². The maximum Gasteiger partial charge on any atom is 0.225 e. The number of likely N-dealkylation sites (tertiary alicyclic amines) is 1. The lowest BCUT2D eigenvalue weighted by molar-refractivity contribution is -0.136. The largest absolute Gasteiger partial charge is 0.374 e. The molecule has 1 aliphatic heterocycles. The number of carbonyl (C=O) groups is 1. The van der Waals surface area contributed by atoms with Crippen LogP contribution in [0.25, 0.3) is 0 Å². The topological polar surface area (TPSA) is 40.5 Å². The molecule has 1 aliphatic rings. The Balaban J connectivity index is 2.60. The normalized spacial score (nSPS) is 27.7. The zero-order valence-electron chi connectivity index (χ0n) is 7.08. The van der Waals surface area contributed by atoms with Gasteiger partial charge in [0.15, 0.2) is 0 Å². The van der Waals surface area contributed by atoms with Gasteiger partial charge in [0.25, 0.3) is 0 Å². The van der Waals surface area contributed by atoms with Crippen molar-refractivity contribution in [1.82, 2.24) is 4.90 Å². The van der Waals surface area contributed by atoms with Crippen LogP contribution in [0.2, 0.25) is 0 Å². The fourth-order valence-corrected chi connectivity index (χ4v) is 1.42. The standard InChI is InChI=1S/C8H15NO2/c1-3-6(2)9-7(10)4-5-8(9)11/h6-7,10H,3-5H2,1-2H3. The average molecular weight is 157 g/mol. The Kier molecular flexibility index (Phi) is 2.49. The van der Waals surface area contributed by atoms with Crippen LogP contribution in [0.1, 0.15) is 33.1 Å². The maximum atomic E-state index is 11.2. The van der Waals surface area contributed by atoms with Crippen LogP contribution in [0.5, 0.6) is 0 Å². The summed E-state index contributed by atoms with van der Waals surface area (Å²) in [6.07, 6.45) is 1.48. The highest BCUT2D eigenvalue weighted by atomic mass is 16.3. The summed E-state index contributed by atoms with van der Waals surface area (Å²) in [5.41, 5.74) is 0. The molecule has 64 valence electrons. The van der Waals surface area contributed by atoms with E-state index in [1.807, 2.05) is 13.8 Å². The van der Waals surface area contributed by atoms with Gasteiger partial charge in [0.2, 0.25) is 5.91 Å². The van der Waals surface area contributed by atoms with Gasteiger partial charge >= 0.3 is 0 Å². The summed E-state index contributed by atoms with van der Waals surface area (Å²) in [5.74, 6) is 0.0897. The van der Waals surface area contributed by atoms with Gasteiger partial charge in [0.05, 0.1) is 0 Å². The molecule has 1 fully saturated rings. The molecule has 0 bridgehead atoms. The molecule has 1 saturated heterocycles. The van der Waals surface area contributed by atoms with Gasteiger partial charge in [-0.05, 0) is 13.3 Å². The first-order chi connectivity index (χ1) is 5.16. The number of rotatable bonds is 2.